The van der Waals surface area contributed by atoms with Crippen LogP contribution in [0.4, 0.5) is 0 Å². The molecule has 1 saturated heterocycles. The average molecular weight is 410 g/mol. The Bertz CT molecular complexity index is 463. The van der Waals surface area contributed by atoms with E-state index in [0.717, 1.165) is 36.2 Å². The third-order valence-corrected chi connectivity index (χ3v) is 4.23. The summed E-state index contributed by atoms with van der Waals surface area (Å²) in [6, 6.07) is 0. The molecule has 1 aliphatic rings. The number of β-amino-alcohol motifs (C(OH)–C–C–N with tert-alkyl or cyclic N) is 1. The van der Waals surface area contributed by atoms with Crippen LogP contribution in [0.25, 0.3) is 0 Å². The molecule has 114 valence electrons. The summed E-state index contributed by atoms with van der Waals surface area (Å²) in [5.41, 5.74) is 1.07. The number of rotatable bonds is 3. The summed E-state index contributed by atoms with van der Waals surface area (Å²) in [7, 11) is 0. The molecule has 0 radical (unpaired) electrons. The van der Waals surface area contributed by atoms with Gasteiger partial charge in [-0.25, -0.2) is 9.98 Å². The van der Waals surface area contributed by atoms with E-state index in [1.54, 1.807) is 11.3 Å². The van der Waals surface area contributed by atoms with Crippen molar-refractivity contribution in [2.75, 3.05) is 19.6 Å². The standard InChI is InChI=1S/C13H22N4OS.HI/c1-4-14-13(17-6-5-11(18)8-17)15-7-12-9(2)16-10(3)19-12;/h11,18H,4-8H2,1-3H3,(H,14,15);1H/t11-;/m1./s1. The third kappa shape index (κ3) is 4.56. The maximum atomic E-state index is 9.62. The Kier molecular flexibility index (Phi) is 7.18. The second kappa shape index (κ2) is 8.14. The fourth-order valence-corrected chi connectivity index (χ4v) is 3.09. The maximum Gasteiger partial charge on any atom is 0.194 e. The summed E-state index contributed by atoms with van der Waals surface area (Å²) in [6.07, 6.45) is 0.597. The fraction of sp³-hybridized carbons (Fsp3) is 0.692. The van der Waals surface area contributed by atoms with Crippen LogP contribution in [0.15, 0.2) is 4.99 Å². The zero-order valence-electron chi connectivity index (χ0n) is 12.2. The average Bonchev–Trinajstić information content (AvgIpc) is 2.91. The van der Waals surface area contributed by atoms with Gasteiger partial charge in [0.05, 0.1) is 23.4 Å². The number of likely N-dealkylation sites (tertiary alicyclic amines) is 1. The highest BCUT2D eigenvalue weighted by molar-refractivity contribution is 14.0. The van der Waals surface area contributed by atoms with Crippen LogP contribution in [0.5, 0.6) is 0 Å². The first-order valence-corrected chi connectivity index (χ1v) is 7.56. The largest absolute Gasteiger partial charge is 0.391 e. The summed E-state index contributed by atoms with van der Waals surface area (Å²) in [4.78, 5) is 12.4. The molecule has 1 fully saturated rings. The molecule has 0 amide bonds. The van der Waals surface area contributed by atoms with Gasteiger partial charge in [0.2, 0.25) is 0 Å². The molecule has 1 atom stereocenters. The zero-order valence-corrected chi connectivity index (χ0v) is 15.4. The van der Waals surface area contributed by atoms with Gasteiger partial charge in [-0.1, -0.05) is 0 Å². The van der Waals surface area contributed by atoms with Crippen molar-refractivity contribution in [2.45, 2.75) is 39.8 Å². The van der Waals surface area contributed by atoms with E-state index in [1.807, 2.05) is 13.8 Å². The molecule has 0 aromatic carbocycles. The summed E-state index contributed by atoms with van der Waals surface area (Å²) >= 11 is 1.70. The minimum atomic E-state index is -0.226. The number of hydrogen-bond acceptors (Lipinski definition) is 4. The van der Waals surface area contributed by atoms with Crippen molar-refractivity contribution in [2.24, 2.45) is 4.99 Å². The number of guanidine groups is 1. The quantitative estimate of drug-likeness (QED) is 0.454. The highest BCUT2D eigenvalue weighted by Gasteiger charge is 2.22. The second-order valence-corrected chi connectivity index (χ2v) is 6.09. The number of aliphatic hydroxyl groups excluding tert-OH is 1. The van der Waals surface area contributed by atoms with Gasteiger partial charge < -0.3 is 15.3 Å². The Morgan fingerprint density at radius 2 is 2.30 bits per heavy atom. The van der Waals surface area contributed by atoms with Crippen LogP contribution in [0, 0.1) is 13.8 Å². The van der Waals surface area contributed by atoms with E-state index in [4.69, 9.17) is 0 Å². The highest BCUT2D eigenvalue weighted by Crippen LogP contribution is 2.18. The molecule has 0 saturated carbocycles. The van der Waals surface area contributed by atoms with Crippen LogP contribution in [0.3, 0.4) is 0 Å². The topological polar surface area (TPSA) is 60.8 Å². The molecule has 2 rings (SSSR count). The van der Waals surface area contributed by atoms with Crippen molar-refractivity contribution in [3.05, 3.63) is 15.6 Å². The number of aryl methyl sites for hydroxylation is 2. The van der Waals surface area contributed by atoms with E-state index in [-0.39, 0.29) is 30.1 Å². The van der Waals surface area contributed by atoms with Gasteiger partial charge in [-0.2, -0.15) is 0 Å². The first-order chi connectivity index (χ1) is 9.10. The Balaban J connectivity index is 0.00000200. The number of thiazole rings is 1. The predicted octanol–water partition coefficient (Wildman–Crippen LogP) is 1.91. The number of aliphatic hydroxyl groups is 1. The van der Waals surface area contributed by atoms with E-state index in [2.05, 4.69) is 27.1 Å². The summed E-state index contributed by atoms with van der Waals surface area (Å²) < 4.78 is 0. The highest BCUT2D eigenvalue weighted by atomic mass is 127. The lowest BCUT2D eigenvalue weighted by Gasteiger charge is -2.20. The van der Waals surface area contributed by atoms with Gasteiger partial charge in [0, 0.05) is 24.5 Å². The van der Waals surface area contributed by atoms with Crippen molar-refractivity contribution < 1.29 is 5.11 Å². The lowest BCUT2D eigenvalue weighted by molar-refractivity contribution is 0.188. The normalized spacial score (nSPS) is 19.1. The first kappa shape index (κ1) is 17.6. The van der Waals surface area contributed by atoms with E-state index >= 15 is 0 Å². The van der Waals surface area contributed by atoms with Crippen LogP contribution in [0.1, 0.15) is 28.9 Å². The monoisotopic (exact) mass is 410 g/mol. The molecular weight excluding hydrogens is 387 g/mol. The van der Waals surface area contributed by atoms with Crippen LogP contribution in [-0.2, 0) is 6.54 Å². The van der Waals surface area contributed by atoms with Gasteiger partial charge in [0.25, 0.3) is 0 Å². The number of nitrogens with zero attached hydrogens (tertiary/aromatic N) is 3. The first-order valence-electron chi connectivity index (χ1n) is 6.74. The molecule has 0 spiro atoms. The predicted molar refractivity (Wildman–Crippen MR) is 94.0 cm³/mol. The van der Waals surface area contributed by atoms with E-state index in [9.17, 15) is 5.11 Å². The molecule has 0 bridgehead atoms. The molecule has 0 unspecified atom stereocenters. The Morgan fingerprint density at radius 3 is 2.80 bits per heavy atom. The molecular formula is C13H23IN4OS. The fourth-order valence-electron chi connectivity index (χ4n) is 2.23. The number of aliphatic imine (C=N–C) groups is 1. The SMILES string of the molecule is CCNC(=NCc1sc(C)nc1C)N1CC[C@@H](O)C1.I. The van der Waals surface area contributed by atoms with Gasteiger partial charge in [0.15, 0.2) is 5.96 Å². The van der Waals surface area contributed by atoms with Crippen LogP contribution < -0.4 is 5.32 Å². The van der Waals surface area contributed by atoms with Crippen molar-refractivity contribution in [1.82, 2.24) is 15.2 Å². The molecule has 20 heavy (non-hydrogen) atoms. The van der Waals surface area contributed by atoms with Crippen molar-refractivity contribution >= 4 is 41.3 Å². The molecule has 7 heteroatoms. The van der Waals surface area contributed by atoms with Crippen molar-refractivity contribution in [3.63, 3.8) is 0 Å². The zero-order chi connectivity index (χ0) is 13.8. The van der Waals surface area contributed by atoms with Crippen LogP contribution in [0.2, 0.25) is 0 Å². The Hall–Kier alpha value is -0.410. The summed E-state index contributed by atoms with van der Waals surface area (Å²) in [6.45, 7) is 9.15. The molecule has 2 heterocycles. The van der Waals surface area contributed by atoms with Gasteiger partial charge in [-0.05, 0) is 27.2 Å². The minimum absolute atomic E-state index is 0. The third-order valence-electron chi connectivity index (χ3n) is 3.17. The maximum absolute atomic E-state index is 9.62. The number of aromatic nitrogens is 1. The van der Waals surface area contributed by atoms with E-state index in [1.165, 1.54) is 4.88 Å². The second-order valence-electron chi connectivity index (χ2n) is 4.80. The molecule has 0 aliphatic carbocycles. The Labute approximate surface area is 141 Å². The smallest absolute Gasteiger partial charge is 0.194 e. The molecule has 1 aromatic heterocycles. The van der Waals surface area contributed by atoms with Crippen molar-refractivity contribution in [1.29, 1.82) is 0 Å². The number of nitrogens with one attached hydrogen (secondary N) is 1. The van der Waals surface area contributed by atoms with Gasteiger partial charge in [-0.15, -0.1) is 35.3 Å². The summed E-state index contributed by atoms with van der Waals surface area (Å²) in [5.74, 6) is 0.893. The van der Waals surface area contributed by atoms with E-state index < -0.39 is 0 Å². The van der Waals surface area contributed by atoms with E-state index in [0.29, 0.717) is 13.1 Å². The number of hydrogen-bond donors (Lipinski definition) is 2. The lowest BCUT2D eigenvalue weighted by Crippen LogP contribution is -2.40. The molecule has 1 aromatic rings. The van der Waals surface area contributed by atoms with Gasteiger partial charge >= 0.3 is 0 Å². The van der Waals surface area contributed by atoms with Crippen molar-refractivity contribution in [3.8, 4) is 0 Å². The van der Waals surface area contributed by atoms with Crippen LogP contribution in [-0.4, -0.2) is 46.7 Å². The molecule has 1 aliphatic heterocycles. The van der Waals surface area contributed by atoms with Gasteiger partial charge in [0.1, 0.15) is 0 Å². The van der Waals surface area contributed by atoms with Crippen LogP contribution >= 0.6 is 35.3 Å². The molecule has 5 nitrogen and oxygen atoms in total. The Morgan fingerprint density at radius 1 is 1.55 bits per heavy atom. The van der Waals surface area contributed by atoms with Gasteiger partial charge in [-0.3, -0.25) is 0 Å². The number of halogens is 1. The lowest BCUT2D eigenvalue weighted by atomic mass is 10.3. The molecule has 2 N–H and O–H groups in total. The summed E-state index contributed by atoms with van der Waals surface area (Å²) in [5, 5.41) is 14.0. The minimum Gasteiger partial charge on any atom is -0.391 e.